The number of rotatable bonds is 11. The maximum atomic E-state index is 6.05. The number of fused-ring (bicyclic) bond motifs is 18. The van der Waals surface area contributed by atoms with E-state index in [-0.39, 0.29) is 16.2 Å². The highest BCUT2D eigenvalue weighted by atomic mass is 35.5. The van der Waals surface area contributed by atoms with Crippen LogP contribution in [0.15, 0.2) is 425 Å². The molecule has 18 aromatic carbocycles. The zero-order valence-corrected chi connectivity index (χ0v) is 69.9. The number of nitrogens with zero attached hydrogens (tertiary/aromatic N) is 1. The van der Waals surface area contributed by atoms with E-state index in [2.05, 4.69) is 450 Å². The zero-order chi connectivity index (χ0) is 81.1. The molecule has 24 rings (SSSR count). The summed E-state index contributed by atoms with van der Waals surface area (Å²) in [6, 6.07) is 156. The largest absolute Gasteiger partial charge is 0.355 e. The third-order valence-electron chi connectivity index (χ3n) is 26.2. The fourth-order valence-electron chi connectivity index (χ4n) is 21.0. The van der Waals surface area contributed by atoms with E-state index < -0.39 is 5.41 Å². The van der Waals surface area contributed by atoms with Crippen LogP contribution in [0, 0.1) is 0 Å². The van der Waals surface area contributed by atoms with Crippen molar-refractivity contribution in [2.24, 2.45) is 0 Å². The average Bonchev–Trinajstić information content (AvgIpc) is 1.54. The number of thiophene rings is 2. The van der Waals surface area contributed by atoms with E-state index in [4.69, 9.17) is 11.6 Å². The van der Waals surface area contributed by atoms with Gasteiger partial charge in [-0.3, -0.25) is 0 Å². The number of anilines is 5. The van der Waals surface area contributed by atoms with Crippen LogP contribution in [-0.2, 0) is 21.7 Å². The minimum atomic E-state index is -0.493. The summed E-state index contributed by atoms with van der Waals surface area (Å²) in [7, 11) is 0. The minimum absolute atomic E-state index is 0.0160. The Morgan fingerprint density at radius 1 is 0.231 bits per heavy atom. The van der Waals surface area contributed by atoms with E-state index in [0.29, 0.717) is 0 Å². The van der Waals surface area contributed by atoms with Crippen LogP contribution in [0.4, 0.5) is 28.4 Å². The van der Waals surface area contributed by atoms with Crippen LogP contribution in [-0.4, -0.2) is 0 Å². The summed E-state index contributed by atoms with van der Waals surface area (Å²) >= 11 is 9.77. The number of halogens is 1. The van der Waals surface area contributed by atoms with Crippen molar-refractivity contribution < 1.29 is 0 Å². The first kappa shape index (κ1) is 73.6. The van der Waals surface area contributed by atoms with Gasteiger partial charge in [0.15, 0.2) is 0 Å². The van der Waals surface area contributed by atoms with Gasteiger partial charge in [0, 0.05) is 84.6 Å². The van der Waals surface area contributed by atoms with E-state index in [1.165, 1.54) is 174 Å². The average molecular weight is 1600 g/mol. The first-order valence-corrected chi connectivity index (χ1v) is 43.9. The van der Waals surface area contributed by atoms with Crippen LogP contribution in [0.25, 0.3) is 107 Å². The molecular weight excluding hydrogens is 1520 g/mol. The van der Waals surface area contributed by atoms with Crippen LogP contribution >= 0.6 is 34.3 Å². The van der Waals surface area contributed by atoms with Crippen molar-refractivity contribution >= 4 is 103 Å². The fraction of sp³-hybridized carbons (Fsp3) is 0.0690. The van der Waals surface area contributed by atoms with E-state index in [9.17, 15) is 0 Å². The smallest absolute Gasteiger partial charge is 0.0714 e. The normalized spacial score (nSPS) is 13.9. The Balaban J connectivity index is 0.000000122. The van der Waals surface area contributed by atoms with Crippen molar-refractivity contribution in [3.8, 4) is 66.8 Å². The molecule has 1 N–H and O–H groups in total. The molecule has 0 spiro atoms. The van der Waals surface area contributed by atoms with Gasteiger partial charge in [-0.1, -0.05) is 379 Å². The highest BCUT2D eigenvalue weighted by Crippen LogP contribution is 2.61. The molecule has 2 aromatic heterocycles. The van der Waals surface area contributed by atoms with E-state index >= 15 is 0 Å². The molecule has 4 aliphatic rings. The zero-order valence-electron chi connectivity index (χ0n) is 67.6. The number of nitrogens with one attached hydrogen (secondary N) is 1. The summed E-state index contributed by atoms with van der Waals surface area (Å²) in [6.07, 6.45) is 0. The lowest BCUT2D eigenvalue weighted by Gasteiger charge is -2.35. The summed E-state index contributed by atoms with van der Waals surface area (Å²) in [5.74, 6) is 0. The highest BCUT2D eigenvalue weighted by molar-refractivity contribution is 7.26. The molecule has 121 heavy (non-hydrogen) atoms. The molecule has 0 saturated carbocycles. The second kappa shape index (κ2) is 29.4. The Kier molecular flexibility index (Phi) is 17.9. The molecule has 576 valence electrons. The lowest BCUT2D eigenvalue weighted by Crippen LogP contribution is -2.28. The van der Waals surface area contributed by atoms with E-state index in [1.807, 2.05) is 34.8 Å². The third-order valence-corrected chi connectivity index (χ3v) is 28.7. The molecule has 20 aromatic rings. The summed E-state index contributed by atoms with van der Waals surface area (Å²) in [5, 5.41) is 9.78. The molecule has 4 aliphatic carbocycles. The Morgan fingerprint density at radius 2 is 0.554 bits per heavy atom. The van der Waals surface area contributed by atoms with Gasteiger partial charge in [0.2, 0.25) is 0 Å². The minimum Gasteiger partial charge on any atom is -0.355 e. The lowest BCUT2D eigenvalue weighted by molar-refractivity contribution is 0.662. The molecule has 5 heteroatoms. The summed E-state index contributed by atoms with van der Waals surface area (Å²) in [5.41, 5.74) is 36.2. The maximum absolute atomic E-state index is 6.05. The van der Waals surface area contributed by atoms with Gasteiger partial charge in [-0.2, -0.15) is 0 Å². The molecule has 0 aliphatic heterocycles. The SMILES string of the molecule is CC1(C)c2ccccc2-c2cccc(-c3ccc(Cl)cc3)c21.CC1(C)c2ccccc2-c2cccc(-c3ccc(N(c4ccc5c(c4)C(c4ccccc4)(c4ccccc4)c4ccccc4-5)c4ccc5c(c4)sc4ccccc45)cc3)c21.c1ccc(C2(c3ccccc3)c3ccccc3-c3ccc(Nc4ccc5c(c4)sc4ccccc45)cc32)cc1. The summed E-state index contributed by atoms with van der Waals surface area (Å²) in [4.78, 5) is 2.47. The fourth-order valence-corrected chi connectivity index (χ4v) is 23.4. The number of hydrogen-bond donors (Lipinski definition) is 1. The molecule has 2 heterocycles. The van der Waals surface area contributed by atoms with Crippen molar-refractivity contribution in [1.82, 2.24) is 0 Å². The monoisotopic (exact) mass is 1600 g/mol. The lowest BCUT2D eigenvalue weighted by atomic mass is 9.67. The summed E-state index contributed by atoms with van der Waals surface area (Å²) < 4.78 is 5.23. The van der Waals surface area contributed by atoms with Gasteiger partial charge in [0.1, 0.15) is 0 Å². The van der Waals surface area contributed by atoms with Gasteiger partial charge in [-0.25, -0.2) is 0 Å². The summed E-state index contributed by atoms with van der Waals surface area (Å²) in [6.45, 7) is 9.38. The third kappa shape index (κ3) is 11.9. The predicted octanol–water partition coefficient (Wildman–Crippen LogP) is 32.3. The van der Waals surface area contributed by atoms with Crippen molar-refractivity contribution in [2.45, 2.75) is 49.4 Å². The molecule has 0 saturated heterocycles. The topological polar surface area (TPSA) is 15.3 Å². The second-order valence-corrected chi connectivity index (χ2v) is 36.0. The number of hydrogen-bond acceptors (Lipinski definition) is 4. The van der Waals surface area contributed by atoms with E-state index in [1.54, 1.807) is 0 Å². The van der Waals surface area contributed by atoms with Crippen molar-refractivity contribution in [3.63, 3.8) is 0 Å². The predicted molar refractivity (Wildman–Crippen MR) is 515 cm³/mol. The first-order valence-electron chi connectivity index (χ1n) is 41.9. The standard InChI is InChI=1S/C58H41NS.C37H25NS.C21H17Cl/c1-57(2)51-25-12-9-21-46(51)50-24-15-23-44(56(50)57)38-28-30-41(31-29-38)59(43-33-35-49-48-22-11-14-27-54(48)60-55(49)37-43)42-32-34-47-45-20-10-13-26-52(45)58(53(47)36-42,39-16-5-3-6-17-39)40-18-7-4-8-19-40;1-3-11-25(12-4-1)37(26-13-5-2-6-14-26)33-17-9-7-15-29(33)30-21-19-27(23-34(30)37)38-28-20-22-32-31-16-8-10-18-35(31)39-36(32)24-28;1-21(2)19-9-4-3-6-17(19)18-8-5-7-16(20(18)21)14-10-12-15(22)13-11-14/h3-37H,1-2H3;1-24,38H;3-13H,1-2H3. The van der Waals surface area contributed by atoms with Gasteiger partial charge in [-0.15, -0.1) is 22.7 Å². The van der Waals surface area contributed by atoms with Gasteiger partial charge in [0.25, 0.3) is 0 Å². The van der Waals surface area contributed by atoms with Crippen LogP contribution in [0.3, 0.4) is 0 Å². The van der Waals surface area contributed by atoms with E-state index in [0.717, 1.165) is 33.5 Å². The van der Waals surface area contributed by atoms with Crippen molar-refractivity contribution in [2.75, 3.05) is 10.2 Å². The van der Waals surface area contributed by atoms with Crippen LogP contribution in [0.2, 0.25) is 5.02 Å². The molecule has 0 atom stereocenters. The van der Waals surface area contributed by atoms with Crippen LogP contribution in [0.5, 0.6) is 0 Å². The Morgan fingerprint density at radius 3 is 1.04 bits per heavy atom. The molecule has 2 nitrogen and oxygen atoms in total. The Labute approximate surface area is 720 Å². The van der Waals surface area contributed by atoms with Gasteiger partial charge in [-0.05, 0) is 218 Å². The quantitative estimate of drug-likeness (QED) is 0.139. The van der Waals surface area contributed by atoms with Crippen molar-refractivity contribution in [3.05, 3.63) is 496 Å². The molecule has 0 amide bonds. The van der Waals surface area contributed by atoms with Crippen LogP contribution in [0.1, 0.15) is 94.5 Å². The second-order valence-electron chi connectivity index (χ2n) is 33.4. The molecule has 0 fully saturated rings. The van der Waals surface area contributed by atoms with Gasteiger partial charge >= 0.3 is 0 Å². The van der Waals surface area contributed by atoms with Gasteiger partial charge < -0.3 is 10.2 Å². The van der Waals surface area contributed by atoms with Crippen LogP contribution < -0.4 is 10.2 Å². The molecule has 0 radical (unpaired) electrons. The molecule has 0 bridgehead atoms. The van der Waals surface area contributed by atoms with Crippen molar-refractivity contribution in [1.29, 1.82) is 0 Å². The molecular formula is C116H83ClN2S2. The number of benzene rings is 18. The maximum Gasteiger partial charge on any atom is 0.0714 e. The first-order chi connectivity index (χ1) is 59.4. The molecule has 0 unspecified atom stereocenters. The Bertz CT molecular complexity index is 7350. The van der Waals surface area contributed by atoms with Gasteiger partial charge in [0.05, 0.1) is 10.8 Å². The Hall–Kier alpha value is -13.7. The highest BCUT2D eigenvalue weighted by Gasteiger charge is 2.48.